The number of carbonyl (C=O) groups is 1. The standard InChI is InChI=1S/C14H14N5O2PS/c1-3-6-21-19-9-7-17(14(19)20)11(10-12(9)23-8-16-10)13-15-4-5-18(13)22-2/h3-5,8-9,11H,1-2,6-7H2/t9-,11-/m0/s1. The fraction of sp³-hybridized carbons (Fsp3) is 0.286. The third-order valence-electron chi connectivity index (χ3n) is 3.96. The molecule has 0 aromatic carbocycles. The van der Waals surface area contributed by atoms with Crippen molar-refractivity contribution in [2.24, 2.45) is 0 Å². The summed E-state index contributed by atoms with van der Waals surface area (Å²) in [5.74, 6) is 0.770. The molecule has 0 spiro atoms. The third kappa shape index (κ3) is 2.06. The molecule has 1 fully saturated rings. The SMILES string of the molecule is C=CCON1C(=O)N2C[C@H]1c1scnc1[C@H]2c1nccn1P=C. The molecule has 0 unspecified atom stereocenters. The number of rotatable bonds is 5. The lowest BCUT2D eigenvalue weighted by Gasteiger charge is -2.28. The number of fused-ring (bicyclic) bond motifs is 4. The van der Waals surface area contributed by atoms with Gasteiger partial charge >= 0.3 is 6.03 Å². The summed E-state index contributed by atoms with van der Waals surface area (Å²) in [5, 5.41) is 1.44. The maximum Gasteiger partial charge on any atom is 0.345 e. The van der Waals surface area contributed by atoms with Crippen LogP contribution in [0.1, 0.15) is 28.5 Å². The van der Waals surface area contributed by atoms with E-state index in [4.69, 9.17) is 4.84 Å². The normalized spacial score (nSPS) is 22.7. The van der Waals surface area contributed by atoms with Crippen molar-refractivity contribution < 1.29 is 9.63 Å². The number of aromatic nitrogens is 3. The molecule has 0 saturated carbocycles. The van der Waals surface area contributed by atoms with Gasteiger partial charge in [-0.05, 0) is 0 Å². The summed E-state index contributed by atoms with van der Waals surface area (Å²) in [5.41, 5.74) is 2.69. The van der Waals surface area contributed by atoms with Gasteiger partial charge in [0, 0.05) is 20.7 Å². The Hall–Kier alpha value is -2.02. The van der Waals surface area contributed by atoms with E-state index in [0.29, 0.717) is 13.2 Å². The van der Waals surface area contributed by atoms with E-state index < -0.39 is 0 Å². The van der Waals surface area contributed by atoms with E-state index >= 15 is 0 Å². The maximum atomic E-state index is 12.8. The Kier molecular flexibility index (Phi) is 3.52. The van der Waals surface area contributed by atoms with E-state index in [9.17, 15) is 4.79 Å². The van der Waals surface area contributed by atoms with Crippen LogP contribution >= 0.6 is 19.7 Å². The Labute approximate surface area is 138 Å². The van der Waals surface area contributed by atoms with Gasteiger partial charge in [0.05, 0.1) is 29.2 Å². The molecule has 2 amide bonds. The van der Waals surface area contributed by atoms with Gasteiger partial charge in [-0.3, -0.25) is 9.18 Å². The second-order valence-corrected chi connectivity index (χ2v) is 6.74. The predicted molar refractivity (Wildman–Crippen MR) is 88.5 cm³/mol. The molecule has 2 bridgehead atoms. The van der Waals surface area contributed by atoms with Crippen LogP contribution in [-0.2, 0) is 4.84 Å². The van der Waals surface area contributed by atoms with Crippen molar-refractivity contribution in [2.75, 3.05) is 13.2 Å². The number of carbonyl (C=O) groups excluding carboxylic acids is 1. The summed E-state index contributed by atoms with van der Waals surface area (Å²) in [6, 6.07) is -0.592. The van der Waals surface area contributed by atoms with Crippen molar-refractivity contribution in [1.29, 1.82) is 0 Å². The van der Waals surface area contributed by atoms with Crippen LogP contribution in [-0.4, -0.2) is 49.8 Å². The molecule has 2 atom stereocenters. The molecule has 2 aromatic heterocycles. The van der Waals surface area contributed by atoms with Gasteiger partial charge in [-0.2, -0.15) is 5.06 Å². The second kappa shape index (κ2) is 5.56. The molecule has 2 aliphatic heterocycles. The van der Waals surface area contributed by atoms with Crippen LogP contribution < -0.4 is 0 Å². The van der Waals surface area contributed by atoms with Gasteiger partial charge in [0.2, 0.25) is 0 Å². The average Bonchev–Trinajstić information content (AvgIpc) is 3.27. The topological polar surface area (TPSA) is 63.5 Å². The van der Waals surface area contributed by atoms with Crippen molar-refractivity contribution in [3.05, 3.63) is 47.0 Å². The zero-order valence-electron chi connectivity index (χ0n) is 12.2. The predicted octanol–water partition coefficient (Wildman–Crippen LogP) is 2.48. The Morgan fingerprint density at radius 3 is 3.17 bits per heavy atom. The minimum atomic E-state index is -0.304. The molecule has 9 heteroatoms. The van der Waals surface area contributed by atoms with Crippen molar-refractivity contribution in [3.8, 4) is 0 Å². The number of urea groups is 1. The molecule has 118 valence electrons. The minimum Gasteiger partial charge on any atom is -0.304 e. The fourth-order valence-corrected chi connectivity index (χ4v) is 4.39. The Morgan fingerprint density at radius 1 is 1.52 bits per heavy atom. The lowest BCUT2D eigenvalue weighted by molar-refractivity contribution is -0.118. The number of hydrogen-bond acceptors (Lipinski definition) is 5. The highest BCUT2D eigenvalue weighted by Crippen LogP contribution is 2.47. The van der Waals surface area contributed by atoms with E-state index in [1.165, 1.54) is 5.06 Å². The molecule has 4 heterocycles. The van der Waals surface area contributed by atoms with Crippen molar-refractivity contribution in [3.63, 3.8) is 0 Å². The number of thiazole rings is 1. The van der Waals surface area contributed by atoms with E-state index in [1.54, 1.807) is 28.5 Å². The highest BCUT2D eigenvalue weighted by molar-refractivity contribution is 7.34. The fourth-order valence-electron chi connectivity index (χ4n) is 3.03. The van der Waals surface area contributed by atoms with Crippen LogP contribution in [0.4, 0.5) is 4.79 Å². The molecule has 0 aliphatic carbocycles. The first-order valence-corrected chi connectivity index (χ1v) is 8.94. The van der Waals surface area contributed by atoms with Gasteiger partial charge in [-0.15, -0.1) is 17.9 Å². The van der Waals surface area contributed by atoms with Crippen LogP contribution in [0.15, 0.2) is 30.6 Å². The number of imidazole rings is 1. The van der Waals surface area contributed by atoms with Gasteiger partial charge in [0.1, 0.15) is 17.9 Å². The van der Waals surface area contributed by atoms with Gasteiger partial charge in [0.15, 0.2) is 0 Å². The molecular weight excluding hydrogens is 333 g/mol. The molecule has 23 heavy (non-hydrogen) atoms. The Morgan fingerprint density at radius 2 is 2.39 bits per heavy atom. The molecular formula is C14H14N5O2PS. The molecule has 0 N–H and O–H groups in total. The van der Waals surface area contributed by atoms with Crippen molar-refractivity contribution in [2.45, 2.75) is 12.1 Å². The number of amides is 2. The van der Waals surface area contributed by atoms with Gasteiger partial charge in [-0.25, -0.2) is 14.8 Å². The molecule has 4 rings (SSSR count). The maximum absolute atomic E-state index is 12.8. The van der Waals surface area contributed by atoms with Crippen LogP contribution in [0, 0.1) is 0 Å². The first-order valence-electron chi connectivity index (χ1n) is 7.03. The lowest BCUT2D eigenvalue weighted by Crippen LogP contribution is -2.36. The van der Waals surface area contributed by atoms with E-state index in [2.05, 4.69) is 22.8 Å². The summed E-state index contributed by atoms with van der Waals surface area (Å²) in [7, 11) is 0.799. The second-order valence-electron chi connectivity index (χ2n) is 5.14. The number of hydrogen-bond donors (Lipinski definition) is 0. The van der Waals surface area contributed by atoms with Crippen molar-refractivity contribution in [1.82, 2.24) is 24.3 Å². The zero-order chi connectivity index (χ0) is 16.0. The molecule has 0 radical (unpaired) electrons. The molecule has 2 aromatic rings. The van der Waals surface area contributed by atoms with Gasteiger partial charge in [-0.1, -0.05) is 12.4 Å². The molecule has 1 saturated heterocycles. The monoisotopic (exact) mass is 347 g/mol. The van der Waals surface area contributed by atoms with E-state index in [0.717, 1.165) is 24.8 Å². The van der Waals surface area contributed by atoms with Crippen LogP contribution in [0.25, 0.3) is 0 Å². The van der Waals surface area contributed by atoms with E-state index in [1.807, 2.05) is 16.0 Å². The third-order valence-corrected chi connectivity index (χ3v) is 5.55. The van der Waals surface area contributed by atoms with Gasteiger partial charge < -0.3 is 4.90 Å². The Bertz CT molecular complexity index is 788. The molecule has 2 aliphatic rings. The summed E-state index contributed by atoms with van der Waals surface area (Å²) in [6.45, 7) is 4.50. The van der Waals surface area contributed by atoms with Crippen LogP contribution in [0.5, 0.6) is 0 Å². The smallest absolute Gasteiger partial charge is 0.304 e. The largest absolute Gasteiger partial charge is 0.345 e. The Balaban J connectivity index is 1.81. The van der Waals surface area contributed by atoms with E-state index in [-0.39, 0.29) is 18.1 Å². The summed E-state index contributed by atoms with van der Waals surface area (Å²) in [4.78, 5) is 30.1. The summed E-state index contributed by atoms with van der Waals surface area (Å²) >= 11 is 1.55. The van der Waals surface area contributed by atoms with Crippen LogP contribution in [0.2, 0.25) is 0 Å². The number of hydroxylamine groups is 2. The highest BCUT2D eigenvalue weighted by atomic mass is 32.1. The van der Waals surface area contributed by atoms with Crippen LogP contribution in [0.3, 0.4) is 0 Å². The lowest BCUT2D eigenvalue weighted by atomic mass is 10.0. The quantitative estimate of drug-likeness (QED) is 0.616. The summed E-state index contributed by atoms with van der Waals surface area (Å²) in [6.07, 6.45) is 9.10. The van der Waals surface area contributed by atoms with Crippen molar-refractivity contribution >= 4 is 32.0 Å². The number of nitrogens with zero attached hydrogens (tertiary/aromatic N) is 5. The molecule has 7 nitrogen and oxygen atoms in total. The first kappa shape index (κ1) is 14.6. The summed E-state index contributed by atoms with van der Waals surface area (Å²) < 4.78 is 1.91. The first-order chi connectivity index (χ1) is 11.3. The minimum absolute atomic E-state index is 0.123. The average molecular weight is 347 g/mol. The van der Waals surface area contributed by atoms with Gasteiger partial charge in [0.25, 0.3) is 0 Å². The highest BCUT2D eigenvalue weighted by Gasteiger charge is 2.51. The zero-order valence-corrected chi connectivity index (χ0v) is 13.9.